The molecule has 4 nitrogen and oxygen atoms in total. The molecule has 0 atom stereocenters. The van der Waals surface area contributed by atoms with E-state index in [-0.39, 0.29) is 0 Å². The summed E-state index contributed by atoms with van der Waals surface area (Å²) in [4.78, 5) is 11.4. The molecule has 0 heterocycles. The Kier molecular flexibility index (Phi) is 5.06. The molecule has 4 heteroatoms. The van der Waals surface area contributed by atoms with Crippen LogP contribution in [0.5, 0.6) is 0 Å². The summed E-state index contributed by atoms with van der Waals surface area (Å²) < 4.78 is 5.15. The normalized spacial score (nSPS) is 18.9. The van der Waals surface area contributed by atoms with E-state index in [1.54, 1.807) is 0 Å². The summed E-state index contributed by atoms with van der Waals surface area (Å²) in [6.45, 7) is 5.58. The van der Waals surface area contributed by atoms with E-state index in [1.165, 1.54) is 25.7 Å². The number of hydrogen-bond acceptors (Lipinski definition) is 3. The van der Waals surface area contributed by atoms with Gasteiger partial charge in [-0.05, 0) is 33.6 Å². The number of carbonyl (C=O) groups is 1. The first-order chi connectivity index (χ1) is 7.47. The molecule has 2 N–H and O–H groups in total. The van der Waals surface area contributed by atoms with E-state index in [2.05, 4.69) is 10.9 Å². The van der Waals surface area contributed by atoms with Crippen LogP contribution in [0.1, 0.15) is 59.3 Å². The second kappa shape index (κ2) is 6.09. The van der Waals surface area contributed by atoms with Crippen LogP contribution in [0.15, 0.2) is 0 Å². The van der Waals surface area contributed by atoms with Crippen LogP contribution in [0.3, 0.4) is 0 Å². The van der Waals surface area contributed by atoms with Gasteiger partial charge in [-0.15, -0.1) is 0 Å². The maximum Gasteiger partial charge on any atom is 0.422 e. The van der Waals surface area contributed by atoms with Gasteiger partial charge in [-0.3, -0.25) is 5.43 Å². The molecule has 0 radical (unpaired) electrons. The lowest BCUT2D eigenvalue weighted by Crippen LogP contribution is -2.46. The lowest BCUT2D eigenvalue weighted by Gasteiger charge is -2.22. The molecule has 0 bridgehead atoms. The van der Waals surface area contributed by atoms with Gasteiger partial charge < -0.3 is 4.74 Å². The molecular weight excluding hydrogens is 204 g/mol. The van der Waals surface area contributed by atoms with Gasteiger partial charge in [-0.1, -0.05) is 25.7 Å². The molecule has 1 rings (SSSR count). The van der Waals surface area contributed by atoms with Gasteiger partial charge in [0.05, 0.1) is 0 Å². The minimum absolute atomic E-state index is 0.392. The van der Waals surface area contributed by atoms with Crippen molar-refractivity contribution in [2.75, 3.05) is 0 Å². The molecule has 94 valence electrons. The SMILES string of the molecule is CC(C)(C)OC(=O)NNC1CCCCCC1. The molecule has 1 saturated carbocycles. The van der Waals surface area contributed by atoms with E-state index in [9.17, 15) is 4.79 Å². The Morgan fingerprint density at radius 2 is 1.69 bits per heavy atom. The minimum Gasteiger partial charge on any atom is -0.443 e. The molecule has 0 unspecified atom stereocenters. The molecule has 16 heavy (non-hydrogen) atoms. The fourth-order valence-corrected chi connectivity index (χ4v) is 1.89. The van der Waals surface area contributed by atoms with Crippen molar-refractivity contribution in [1.29, 1.82) is 0 Å². The van der Waals surface area contributed by atoms with Crippen molar-refractivity contribution in [3.63, 3.8) is 0 Å². The first kappa shape index (κ1) is 13.3. The van der Waals surface area contributed by atoms with Gasteiger partial charge in [0.1, 0.15) is 5.60 Å². The van der Waals surface area contributed by atoms with Crippen LogP contribution < -0.4 is 10.9 Å². The molecule has 1 aliphatic carbocycles. The molecule has 1 amide bonds. The van der Waals surface area contributed by atoms with Crippen molar-refractivity contribution in [2.24, 2.45) is 0 Å². The van der Waals surface area contributed by atoms with Gasteiger partial charge >= 0.3 is 6.09 Å². The van der Waals surface area contributed by atoms with Crippen LogP contribution in [0.4, 0.5) is 4.79 Å². The Morgan fingerprint density at radius 3 is 2.19 bits per heavy atom. The molecule has 0 spiro atoms. The molecule has 0 aromatic carbocycles. The van der Waals surface area contributed by atoms with Crippen molar-refractivity contribution in [3.8, 4) is 0 Å². The molecule has 0 saturated heterocycles. The van der Waals surface area contributed by atoms with Crippen molar-refractivity contribution in [2.45, 2.75) is 70.9 Å². The van der Waals surface area contributed by atoms with Gasteiger partial charge in [0.15, 0.2) is 0 Å². The highest BCUT2D eigenvalue weighted by Crippen LogP contribution is 2.16. The first-order valence-electron chi connectivity index (χ1n) is 6.22. The Bertz CT molecular complexity index is 216. The summed E-state index contributed by atoms with van der Waals surface area (Å²) >= 11 is 0. The van der Waals surface area contributed by atoms with E-state index >= 15 is 0 Å². The molecule has 1 aliphatic rings. The maximum atomic E-state index is 11.4. The zero-order valence-electron chi connectivity index (χ0n) is 10.6. The zero-order chi connectivity index (χ0) is 12.0. The average molecular weight is 228 g/mol. The second-order valence-electron chi connectivity index (χ2n) is 5.46. The van der Waals surface area contributed by atoms with Crippen LogP contribution >= 0.6 is 0 Å². The maximum absolute atomic E-state index is 11.4. The van der Waals surface area contributed by atoms with Crippen molar-refractivity contribution >= 4 is 6.09 Å². The van der Waals surface area contributed by atoms with E-state index < -0.39 is 11.7 Å². The number of rotatable bonds is 2. The molecule has 0 aromatic heterocycles. The third kappa shape index (κ3) is 5.95. The summed E-state index contributed by atoms with van der Waals surface area (Å²) in [6, 6.07) is 0.398. The largest absolute Gasteiger partial charge is 0.443 e. The molecular formula is C12H24N2O2. The van der Waals surface area contributed by atoms with Crippen molar-refractivity contribution in [1.82, 2.24) is 10.9 Å². The quantitative estimate of drug-likeness (QED) is 0.564. The Labute approximate surface area is 98.1 Å². The fourth-order valence-electron chi connectivity index (χ4n) is 1.89. The number of amides is 1. The summed E-state index contributed by atoms with van der Waals surface area (Å²) in [5.74, 6) is 0. The van der Waals surface area contributed by atoms with Crippen LogP contribution in [0.25, 0.3) is 0 Å². The molecule has 0 aliphatic heterocycles. The number of ether oxygens (including phenoxy) is 1. The highest BCUT2D eigenvalue weighted by atomic mass is 16.6. The van der Waals surface area contributed by atoms with E-state index in [1.807, 2.05) is 20.8 Å². The molecule has 0 aromatic rings. The second-order valence-corrected chi connectivity index (χ2v) is 5.46. The lowest BCUT2D eigenvalue weighted by atomic mass is 10.1. The van der Waals surface area contributed by atoms with Gasteiger partial charge in [0.25, 0.3) is 0 Å². The predicted molar refractivity (Wildman–Crippen MR) is 64.0 cm³/mol. The summed E-state index contributed by atoms with van der Waals surface area (Å²) in [5, 5.41) is 0. The Morgan fingerprint density at radius 1 is 1.12 bits per heavy atom. The summed E-state index contributed by atoms with van der Waals surface area (Å²) in [5.41, 5.74) is 5.25. The highest BCUT2D eigenvalue weighted by Gasteiger charge is 2.17. The number of hydrogen-bond donors (Lipinski definition) is 2. The third-order valence-electron chi connectivity index (χ3n) is 2.63. The van der Waals surface area contributed by atoms with Gasteiger partial charge in [0.2, 0.25) is 0 Å². The Hall–Kier alpha value is -0.770. The third-order valence-corrected chi connectivity index (χ3v) is 2.63. The number of nitrogens with one attached hydrogen (secondary N) is 2. The van der Waals surface area contributed by atoms with Gasteiger partial charge in [-0.2, -0.15) is 0 Å². The smallest absolute Gasteiger partial charge is 0.422 e. The topological polar surface area (TPSA) is 50.4 Å². The lowest BCUT2D eigenvalue weighted by molar-refractivity contribution is 0.0485. The number of carbonyl (C=O) groups excluding carboxylic acids is 1. The fraction of sp³-hybridized carbons (Fsp3) is 0.917. The van der Waals surface area contributed by atoms with Gasteiger partial charge in [-0.25, -0.2) is 10.2 Å². The average Bonchev–Trinajstić information content (AvgIpc) is 2.39. The van der Waals surface area contributed by atoms with Crippen LogP contribution in [0, 0.1) is 0 Å². The first-order valence-corrected chi connectivity index (χ1v) is 6.22. The van der Waals surface area contributed by atoms with E-state index in [4.69, 9.17) is 4.74 Å². The van der Waals surface area contributed by atoms with E-state index in [0.717, 1.165) is 12.8 Å². The number of hydrazine groups is 1. The van der Waals surface area contributed by atoms with Gasteiger partial charge in [0, 0.05) is 6.04 Å². The monoisotopic (exact) mass is 228 g/mol. The van der Waals surface area contributed by atoms with Crippen LogP contribution in [0.2, 0.25) is 0 Å². The zero-order valence-corrected chi connectivity index (χ0v) is 10.6. The predicted octanol–water partition coefficient (Wildman–Crippen LogP) is 2.74. The van der Waals surface area contributed by atoms with Crippen molar-refractivity contribution in [3.05, 3.63) is 0 Å². The van der Waals surface area contributed by atoms with Crippen molar-refractivity contribution < 1.29 is 9.53 Å². The highest BCUT2D eigenvalue weighted by molar-refractivity contribution is 5.67. The summed E-state index contributed by atoms with van der Waals surface area (Å²) in [7, 11) is 0. The van der Waals surface area contributed by atoms with E-state index in [0.29, 0.717) is 6.04 Å². The standard InChI is InChI=1S/C12H24N2O2/c1-12(2,3)16-11(15)14-13-10-8-6-4-5-7-9-10/h10,13H,4-9H2,1-3H3,(H,14,15). The molecule has 1 fully saturated rings. The van der Waals surface area contributed by atoms with Crippen LogP contribution in [-0.2, 0) is 4.74 Å². The Balaban J connectivity index is 2.20. The minimum atomic E-state index is -0.435. The van der Waals surface area contributed by atoms with Crippen LogP contribution in [-0.4, -0.2) is 17.7 Å². The summed E-state index contributed by atoms with van der Waals surface area (Å²) in [6.07, 6.45) is 6.99.